The normalized spacial score (nSPS) is 12.8. The van der Waals surface area contributed by atoms with Crippen LogP contribution in [0.3, 0.4) is 0 Å². The molecule has 0 fully saturated rings. The van der Waals surface area contributed by atoms with E-state index >= 15 is 0 Å². The molecule has 2 aromatic rings. The van der Waals surface area contributed by atoms with Crippen molar-refractivity contribution < 1.29 is 9.21 Å². The topological polar surface area (TPSA) is 93.5 Å². The Morgan fingerprint density at radius 2 is 2.18 bits per heavy atom. The standard InChI is InChI=1S/C15H22N4O3/c1-10(16)8-14(20)17-11-4-5-13-12(9-11)19(15(21)22-13)7-6-18(2)3/h4-5,9-10H,6-8,16H2,1-3H3,(H,17,20). The van der Waals surface area contributed by atoms with Gasteiger partial charge in [-0.05, 0) is 39.2 Å². The van der Waals surface area contributed by atoms with Crippen molar-refractivity contribution in [3.8, 4) is 0 Å². The summed E-state index contributed by atoms with van der Waals surface area (Å²) >= 11 is 0. The molecule has 1 unspecified atom stereocenters. The molecule has 1 heterocycles. The molecule has 0 aliphatic carbocycles. The van der Waals surface area contributed by atoms with Crippen LogP contribution in [0.2, 0.25) is 0 Å². The Hall–Kier alpha value is -2.12. The molecule has 1 aromatic carbocycles. The first-order valence-corrected chi connectivity index (χ1v) is 7.20. The molecule has 0 bridgehead atoms. The average Bonchev–Trinajstić information content (AvgIpc) is 2.70. The van der Waals surface area contributed by atoms with Crippen molar-refractivity contribution in [2.75, 3.05) is 26.0 Å². The van der Waals surface area contributed by atoms with Gasteiger partial charge in [-0.25, -0.2) is 4.79 Å². The number of benzene rings is 1. The Bertz CT molecular complexity index is 715. The fraction of sp³-hybridized carbons (Fsp3) is 0.467. The molecule has 1 atom stereocenters. The quantitative estimate of drug-likeness (QED) is 0.824. The van der Waals surface area contributed by atoms with Gasteiger partial charge < -0.3 is 20.4 Å². The van der Waals surface area contributed by atoms with Gasteiger partial charge in [-0.15, -0.1) is 0 Å². The smallest absolute Gasteiger partial charge is 0.408 e. The summed E-state index contributed by atoms with van der Waals surface area (Å²) in [5.74, 6) is -0.545. The Morgan fingerprint density at radius 3 is 2.82 bits per heavy atom. The number of nitrogens with two attached hydrogens (primary N) is 1. The Kier molecular flexibility index (Phi) is 4.99. The number of nitrogens with one attached hydrogen (secondary N) is 1. The van der Waals surface area contributed by atoms with Gasteiger partial charge in [0.15, 0.2) is 5.58 Å². The van der Waals surface area contributed by atoms with Crippen LogP contribution < -0.4 is 16.8 Å². The van der Waals surface area contributed by atoms with Gasteiger partial charge in [-0.1, -0.05) is 0 Å². The molecule has 7 heteroatoms. The van der Waals surface area contributed by atoms with Crippen molar-refractivity contribution in [1.82, 2.24) is 9.47 Å². The van der Waals surface area contributed by atoms with E-state index in [0.29, 0.717) is 23.3 Å². The molecule has 0 aliphatic heterocycles. The predicted molar refractivity (Wildman–Crippen MR) is 85.9 cm³/mol. The highest BCUT2D eigenvalue weighted by Gasteiger charge is 2.11. The third kappa shape index (κ3) is 3.96. The Morgan fingerprint density at radius 1 is 1.45 bits per heavy atom. The molecule has 0 spiro atoms. The number of amides is 1. The number of anilines is 1. The molecule has 7 nitrogen and oxygen atoms in total. The summed E-state index contributed by atoms with van der Waals surface area (Å²) in [6.07, 6.45) is 0.247. The number of fused-ring (bicyclic) bond motifs is 1. The zero-order valence-electron chi connectivity index (χ0n) is 13.1. The predicted octanol–water partition coefficient (Wildman–Crippen LogP) is 0.832. The summed E-state index contributed by atoms with van der Waals surface area (Å²) in [6.45, 7) is 3.02. The van der Waals surface area contributed by atoms with Crippen molar-refractivity contribution in [3.63, 3.8) is 0 Å². The maximum Gasteiger partial charge on any atom is 0.419 e. The SMILES string of the molecule is CC(N)CC(=O)Nc1ccc2oc(=O)n(CCN(C)C)c2c1. The van der Waals surface area contributed by atoms with Crippen LogP contribution >= 0.6 is 0 Å². The molecular formula is C15H22N4O3. The van der Waals surface area contributed by atoms with Gasteiger partial charge >= 0.3 is 5.76 Å². The van der Waals surface area contributed by atoms with Gasteiger partial charge in [-0.3, -0.25) is 9.36 Å². The zero-order valence-corrected chi connectivity index (χ0v) is 13.1. The Labute approximate surface area is 128 Å². The highest BCUT2D eigenvalue weighted by Crippen LogP contribution is 2.18. The van der Waals surface area contributed by atoms with E-state index < -0.39 is 5.76 Å². The summed E-state index contributed by atoms with van der Waals surface area (Å²) in [4.78, 5) is 25.7. The van der Waals surface area contributed by atoms with E-state index in [9.17, 15) is 9.59 Å². The lowest BCUT2D eigenvalue weighted by atomic mass is 10.2. The van der Waals surface area contributed by atoms with E-state index in [0.717, 1.165) is 6.54 Å². The van der Waals surface area contributed by atoms with Gasteiger partial charge in [0.05, 0.1) is 5.52 Å². The molecule has 0 radical (unpaired) electrons. The van der Waals surface area contributed by atoms with Crippen LogP contribution in [0.5, 0.6) is 0 Å². The van der Waals surface area contributed by atoms with Crippen LogP contribution in [0.15, 0.2) is 27.4 Å². The van der Waals surface area contributed by atoms with Gasteiger partial charge in [-0.2, -0.15) is 0 Å². The number of oxazole rings is 1. The number of hydrogen-bond acceptors (Lipinski definition) is 5. The fourth-order valence-electron chi connectivity index (χ4n) is 2.16. The second kappa shape index (κ2) is 6.76. The largest absolute Gasteiger partial charge is 0.419 e. The number of likely N-dealkylation sites (N-methyl/N-ethyl adjacent to an activating group) is 1. The first-order chi connectivity index (χ1) is 10.4. The third-order valence-corrected chi connectivity index (χ3v) is 3.23. The van der Waals surface area contributed by atoms with Gasteiger partial charge in [0.2, 0.25) is 5.91 Å². The van der Waals surface area contributed by atoms with Crippen molar-refractivity contribution >= 4 is 22.7 Å². The van der Waals surface area contributed by atoms with Crippen molar-refractivity contribution in [2.24, 2.45) is 5.73 Å². The number of rotatable bonds is 6. The van der Waals surface area contributed by atoms with E-state index in [-0.39, 0.29) is 18.4 Å². The summed E-state index contributed by atoms with van der Waals surface area (Å²) in [5, 5.41) is 2.78. The molecule has 1 amide bonds. The van der Waals surface area contributed by atoms with E-state index in [1.807, 2.05) is 19.0 Å². The maximum atomic E-state index is 11.9. The van der Waals surface area contributed by atoms with Gasteiger partial charge in [0.1, 0.15) is 0 Å². The minimum atomic E-state index is -0.393. The molecular weight excluding hydrogens is 284 g/mol. The molecule has 1 aromatic heterocycles. The van der Waals surface area contributed by atoms with Gasteiger partial charge in [0.25, 0.3) is 0 Å². The molecule has 120 valence electrons. The van der Waals surface area contributed by atoms with Crippen molar-refractivity contribution in [3.05, 3.63) is 28.7 Å². The lowest BCUT2D eigenvalue weighted by Gasteiger charge is -2.10. The van der Waals surface area contributed by atoms with Crippen LogP contribution in [0, 0.1) is 0 Å². The lowest BCUT2D eigenvalue weighted by Crippen LogP contribution is -2.24. The monoisotopic (exact) mass is 306 g/mol. The average molecular weight is 306 g/mol. The molecule has 22 heavy (non-hydrogen) atoms. The van der Waals surface area contributed by atoms with E-state index in [2.05, 4.69) is 5.32 Å². The number of aromatic nitrogens is 1. The van der Waals surface area contributed by atoms with Gasteiger partial charge in [0, 0.05) is 31.2 Å². The molecule has 0 saturated carbocycles. The maximum absolute atomic E-state index is 11.9. The summed E-state index contributed by atoms with van der Waals surface area (Å²) < 4.78 is 6.78. The number of hydrogen-bond donors (Lipinski definition) is 2. The van der Waals surface area contributed by atoms with Crippen LogP contribution in [-0.2, 0) is 11.3 Å². The number of nitrogens with zero attached hydrogens (tertiary/aromatic N) is 2. The minimum Gasteiger partial charge on any atom is -0.408 e. The summed E-state index contributed by atoms with van der Waals surface area (Å²) in [7, 11) is 3.87. The molecule has 2 rings (SSSR count). The van der Waals surface area contributed by atoms with E-state index in [1.54, 1.807) is 29.7 Å². The first-order valence-electron chi connectivity index (χ1n) is 7.20. The van der Waals surface area contributed by atoms with E-state index in [1.165, 1.54) is 0 Å². The highest BCUT2D eigenvalue weighted by atomic mass is 16.4. The van der Waals surface area contributed by atoms with Crippen LogP contribution in [0.4, 0.5) is 5.69 Å². The zero-order chi connectivity index (χ0) is 16.3. The van der Waals surface area contributed by atoms with Crippen LogP contribution in [0.1, 0.15) is 13.3 Å². The second-order valence-corrected chi connectivity index (χ2v) is 5.73. The number of carbonyl (C=O) groups is 1. The molecule has 0 aliphatic rings. The van der Waals surface area contributed by atoms with Crippen molar-refractivity contribution in [2.45, 2.75) is 25.9 Å². The fourth-order valence-corrected chi connectivity index (χ4v) is 2.16. The molecule has 3 N–H and O–H groups in total. The first kappa shape index (κ1) is 16.3. The van der Waals surface area contributed by atoms with E-state index in [4.69, 9.17) is 10.2 Å². The summed E-state index contributed by atoms with van der Waals surface area (Å²) in [5.41, 5.74) is 7.41. The number of carbonyl (C=O) groups excluding carboxylic acids is 1. The molecule has 0 saturated heterocycles. The second-order valence-electron chi connectivity index (χ2n) is 5.73. The lowest BCUT2D eigenvalue weighted by molar-refractivity contribution is -0.116. The van der Waals surface area contributed by atoms with Crippen LogP contribution in [-0.4, -0.2) is 42.1 Å². The minimum absolute atomic E-state index is 0.153. The third-order valence-electron chi connectivity index (χ3n) is 3.23. The highest BCUT2D eigenvalue weighted by molar-refractivity contribution is 5.93. The van der Waals surface area contributed by atoms with Crippen molar-refractivity contribution in [1.29, 1.82) is 0 Å². The Balaban J connectivity index is 2.26. The summed E-state index contributed by atoms with van der Waals surface area (Å²) in [6, 6.07) is 4.94. The van der Waals surface area contributed by atoms with Crippen LogP contribution in [0.25, 0.3) is 11.1 Å².